The van der Waals surface area contributed by atoms with Crippen LogP contribution in [-0.4, -0.2) is 17.6 Å². The van der Waals surface area contributed by atoms with Gasteiger partial charge < -0.3 is 10.2 Å². The summed E-state index contributed by atoms with van der Waals surface area (Å²) in [4.78, 5) is 2.55. The van der Waals surface area contributed by atoms with Gasteiger partial charge in [0.1, 0.15) is 0 Å². The van der Waals surface area contributed by atoms with E-state index in [-0.39, 0.29) is 5.54 Å². The highest BCUT2D eigenvalue weighted by molar-refractivity contribution is 6.31. The van der Waals surface area contributed by atoms with Gasteiger partial charge in [-0.15, -0.1) is 0 Å². The zero-order valence-corrected chi connectivity index (χ0v) is 14.8. The Hall–Kier alpha value is -0.730. The summed E-state index contributed by atoms with van der Waals surface area (Å²) in [5, 5.41) is 4.37. The quantitative estimate of drug-likeness (QED) is 0.842. The van der Waals surface area contributed by atoms with Gasteiger partial charge in [-0.1, -0.05) is 24.6 Å². The fraction of sp³-hybridized carbons (Fsp3) is 0.667. The van der Waals surface area contributed by atoms with Gasteiger partial charge in [0.15, 0.2) is 0 Å². The van der Waals surface area contributed by atoms with Crippen molar-refractivity contribution in [3.63, 3.8) is 0 Å². The van der Waals surface area contributed by atoms with Gasteiger partial charge >= 0.3 is 0 Å². The second-order valence-electron chi connectivity index (χ2n) is 7.27. The third kappa shape index (κ3) is 4.14. The summed E-state index contributed by atoms with van der Waals surface area (Å²) in [6.07, 6.45) is 3.78. The molecule has 0 saturated carbocycles. The number of rotatable bonds is 4. The highest BCUT2D eigenvalue weighted by atomic mass is 35.5. The molecule has 1 fully saturated rings. The molecule has 1 aliphatic heterocycles. The average Bonchev–Trinajstić information content (AvgIpc) is 2.77. The van der Waals surface area contributed by atoms with Crippen LogP contribution < -0.4 is 10.2 Å². The normalized spacial score (nSPS) is 22.9. The van der Waals surface area contributed by atoms with Crippen LogP contribution in [0.25, 0.3) is 0 Å². The summed E-state index contributed by atoms with van der Waals surface area (Å²) < 4.78 is 0. The van der Waals surface area contributed by atoms with Crippen LogP contribution in [0.1, 0.15) is 59.4 Å². The van der Waals surface area contributed by atoms with E-state index in [1.54, 1.807) is 0 Å². The summed E-state index contributed by atoms with van der Waals surface area (Å²) >= 11 is 6.51. The zero-order chi connectivity index (χ0) is 15.6. The Balaban J connectivity index is 2.15. The molecule has 1 N–H and O–H groups in total. The molecule has 2 atom stereocenters. The molecule has 0 spiro atoms. The molecule has 1 aromatic rings. The van der Waals surface area contributed by atoms with E-state index < -0.39 is 0 Å². The maximum atomic E-state index is 6.51. The van der Waals surface area contributed by atoms with E-state index in [1.165, 1.54) is 30.5 Å². The Morgan fingerprint density at radius 2 is 2.00 bits per heavy atom. The second kappa shape index (κ2) is 6.58. The lowest BCUT2D eigenvalue weighted by Gasteiger charge is -2.31. The van der Waals surface area contributed by atoms with Crippen LogP contribution in [0, 0.1) is 0 Å². The summed E-state index contributed by atoms with van der Waals surface area (Å²) in [6, 6.07) is 7.83. The van der Waals surface area contributed by atoms with Crippen LogP contribution in [-0.2, 0) is 6.54 Å². The van der Waals surface area contributed by atoms with Crippen molar-refractivity contribution in [1.29, 1.82) is 0 Å². The van der Waals surface area contributed by atoms with Crippen molar-refractivity contribution < 1.29 is 0 Å². The van der Waals surface area contributed by atoms with Crippen molar-refractivity contribution in [2.24, 2.45) is 0 Å². The lowest BCUT2D eigenvalue weighted by atomic mass is 10.1. The molecular weight excluding hydrogens is 280 g/mol. The lowest BCUT2D eigenvalue weighted by Crippen LogP contribution is -2.35. The first kappa shape index (κ1) is 16.6. The van der Waals surface area contributed by atoms with E-state index in [2.05, 4.69) is 63.0 Å². The third-order valence-corrected chi connectivity index (χ3v) is 4.75. The molecule has 2 rings (SSSR count). The Morgan fingerprint density at radius 3 is 2.57 bits per heavy atom. The van der Waals surface area contributed by atoms with Gasteiger partial charge in [0.05, 0.1) is 0 Å². The van der Waals surface area contributed by atoms with Crippen LogP contribution in [0.4, 0.5) is 5.69 Å². The molecule has 1 heterocycles. The van der Waals surface area contributed by atoms with Gasteiger partial charge in [-0.25, -0.2) is 0 Å². The van der Waals surface area contributed by atoms with Crippen LogP contribution in [0.5, 0.6) is 0 Å². The molecule has 0 aliphatic carbocycles. The van der Waals surface area contributed by atoms with Crippen LogP contribution in [0.2, 0.25) is 5.02 Å². The van der Waals surface area contributed by atoms with E-state index in [0.717, 1.165) is 11.6 Å². The summed E-state index contributed by atoms with van der Waals surface area (Å²) in [5.74, 6) is 0. The van der Waals surface area contributed by atoms with Crippen molar-refractivity contribution in [1.82, 2.24) is 5.32 Å². The molecule has 0 aromatic heterocycles. The van der Waals surface area contributed by atoms with E-state index >= 15 is 0 Å². The molecule has 1 saturated heterocycles. The predicted molar refractivity (Wildman–Crippen MR) is 93.3 cm³/mol. The minimum absolute atomic E-state index is 0.110. The predicted octanol–water partition coefficient (Wildman–Crippen LogP) is 5.00. The maximum Gasteiger partial charge on any atom is 0.0471 e. The Morgan fingerprint density at radius 1 is 1.29 bits per heavy atom. The topological polar surface area (TPSA) is 15.3 Å². The molecule has 2 nitrogen and oxygen atoms in total. The van der Waals surface area contributed by atoms with Gasteiger partial charge in [0, 0.05) is 34.9 Å². The molecule has 3 heteroatoms. The minimum Gasteiger partial charge on any atom is -0.366 e. The van der Waals surface area contributed by atoms with Crippen molar-refractivity contribution in [3.8, 4) is 0 Å². The first-order chi connectivity index (χ1) is 9.81. The number of benzene rings is 1. The first-order valence-electron chi connectivity index (χ1n) is 8.13. The molecule has 118 valence electrons. The number of nitrogens with zero attached hydrogens (tertiary/aromatic N) is 1. The van der Waals surface area contributed by atoms with Crippen LogP contribution in [0.15, 0.2) is 18.2 Å². The number of nitrogens with one attached hydrogen (secondary N) is 1. The fourth-order valence-corrected chi connectivity index (χ4v) is 3.38. The molecule has 21 heavy (non-hydrogen) atoms. The lowest BCUT2D eigenvalue weighted by molar-refractivity contribution is 0.424. The standard InChI is InChI=1S/C18H29ClN2/c1-6-15-9-7-13(2)21(15)16-10-8-14(17(19)11-16)12-20-18(3,4)5/h8,10-11,13,15,20H,6-7,9,12H2,1-5H3. The van der Waals surface area contributed by atoms with Gasteiger partial charge in [-0.05, 0) is 64.7 Å². The fourth-order valence-electron chi connectivity index (χ4n) is 3.14. The number of halogens is 1. The minimum atomic E-state index is 0.110. The monoisotopic (exact) mass is 308 g/mol. The van der Waals surface area contributed by atoms with Crippen LogP contribution >= 0.6 is 11.6 Å². The zero-order valence-electron chi connectivity index (χ0n) is 14.0. The summed E-state index contributed by atoms with van der Waals surface area (Å²) in [6.45, 7) is 11.9. The van der Waals surface area contributed by atoms with Crippen molar-refractivity contribution in [3.05, 3.63) is 28.8 Å². The molecule has 0 bridgehead atoms. The average molecular weight is 309 g/mol. The number of hydrogen-bond donors (Lipinski definition) is 1. The molecular formula is C18H29ClN2. The number of hydrogen-bond acceptors (Lipinski definition) is 2. The van der Waals surface area contributed by atoms with E-state index in [4.69, 9.17) is 11.6 Å². The Bertz CT molecular complexity index is 479. The van der Waals surface area contributed by atoms with Gasteiger partial charge in [-0.3, -0.25) is 0 Å². The van der Waals surface area contributed by atoms with Gasteiger partial charge in [0.25, 0.3) is 0 Å². The largest absolute Gasteiger partial charge is 0.366 e. The molecule has 0 amide bonds. The SMILES string of the molecule is CCC1CCC(C)N1c1ccc(CNC(C)(C)C)c(Cl)c1. The molecule has 2 unspecified atom stereocenters. The Labute approximate surface area is 134 Å². The van der Waals surface area contributed by atoms with E-state index in [1.807, 2.05) is 0 Å². The summed E-state index contributed by atoms with van der Waals surface area (Å²) in [7, 11) is 0. The van der Waals surface area contributed by atoms with Gasteiger partial charge in [-0.2, -0.15) is 0 Å². The first-order valence-corrected chi connectivity index (χ1v) is 8.51. The van der Waals surface area contributed by atoms with Crippen molar-refractivity contribution in [2.45, 2.75) is 78.0 Å². The molecule has 1 aromatic carbocycles. The highest BCUT2D eigenvalue weighted by Crippen LogP contribution is 2.34. The molecule has 1 aliphatic rings. The third-order valence-electron chi connectivity index (χ3n) is 4.40. The van der Waals surface area contributed by atoms with Crippen molar-refractivity contribution in [2.75, 3.05) is 4.90 Å². The van der Waals surface area contributed by atoms with Crippen molar-refractivity contribution >= 4 is 17.3 Å². The van der Waals surface area contributed by atoms with Crippen LogP contribution in [0.3, 0.4) is 0 Å². The molecule has 0 radical (unpaired) electrons. The Kier molecular flexibility index (Phi) is 5.21. The summed E-state index contributed by atoms with van der Waals surface area (Å²) in [5.41, 5.74) is 2.56. The maximum absolute atomic E-state index is 6.51. The van der Waals surface area contributed by atoms with E-state index in [9.17, 15) is 0 Å². The van der Waals surface area contributed by atoms with E-state index in [0.29, 0.717) is 12.1 Å². The van der Waals surface area contributed by atoms with Gasteiger partial charge in [0.2, 0.25) is 0 Å². The second-order valence-corrected chi connectivity index (χ2v) is 7.68. The number of anilines is 1. The smallest absolute Gasteiger partial charge is 0.0471 e. The highest BCUT2D eigenvalue weighted by Gasteiger charge is 2.29.